The molecule has 6 nitrogen and oxygen atoms in total. The topological polar surface area (TPSA) is 63.2 Å². The van der Waals surface area contributed by atoms with Gasteiger partial charge in [-0.1, -0.05) is 99.6 Å². The first-order valence-corrected chi connectivity index (χ1v) is 20.2. The molecule has 0 unspecified atom stereocenters. The van der Waals surface area contributed by atoms with Crippen LogP contribution in [0.5, 0.6) is 11.5 Å². The molecule has 0 N–H and O–H groups in total. The lowest BCUT2D eigenvalue weighted by atomic mass is 9.83. The van der Waals surface area contributed by atoms with E-state index < -0.39 is 37.5 Å². The van der Waals surface area contributed by atoms with Gasteiger partial charge in [0.2, 0.25) is 0 Å². The van der Waals surface area contributed by atoms with E-state index in [1.165, 1.54) is 10.4 Å². The Morgan fingerprint density at radius 2 is 1.40 bits per heavy atom. The Labute approximate surface area is 301 Å². The number of carbonyl (C=O) groups is 1. The fourth-order valence-electron chi connectivity index (χ4n) is 7.82. The minimum Gasteiger partial charge on any atom is -0.497 e. The number of rotatable bonds is 9. The van der Waals surface area contributed by atoms with Crippen molar-refractivity contribution >= 4 is 36.2 Å². The van der Waals surface area contributed by atoms with Gasteiger partial charge in [0.1, 0.15) is 46.4 Å². The Morgan fingerprint density at radius 1 is 0.820 bits per heavy atom. The zero-order valence-electron chi connectivity index (χ0n) is 29.4. The third kappa shape index (κ3) is 6.43. The highest BCUT2D eigenvalue weighted by Gasteiger charge is 2.59. The van der Waals surface area contributed by atoms with Gasteiger partial charge >= 0.3 is 0 Å². The Balaban J connectivity index is 1.37. The lowest BCUT2D eigenvalue weighted by molar-refractivity contribution is -0.135. The second-order valence-electron chi connectivity index (χ2n) is 14.6. The highest BCUT2D eigenvalue weighted by Crippen LogP contribution is 2.49. The van der Waals surface area contributed by atoms with Gasteiger partial charge in [-0.3, -0.25) is 4.79 Å². The third-order valence-corrected chi connectivity index (χ3v) is 16.9. The van der Waals surface area contributed by atoms with E-state index in [1.54, 1.807) is 18.9 Å². The second-order valence-corrected chi connectivity index (χ2v) is 20.3. The smallest absolute Gasteiger partial charge is 0.262 e. The quantitative estimate of drug-likeness (QED) is 0.166. The Morgan fingerprint density at radius 3 is 1.98 bits per heavy atom. The van der Waals surface area contributed by atoms with Crippen LogP contribution in [-0.4, -0.2) is 57.0 Å². The first-order chi connectivity index (χ1) is 24.1. The predicted molar refractivity (Wildman–Crippen MR) is 201 cm³/mol. The summed E-state index contributed by atoms with van der Waals surface area (Å²) < 4.78 is 32.3. The third-order valence-electron chi connectivity index (χ3n) is 10.4. The van der Waals surface area contributed by atoms with Gasteiger partial charge in [0.05, 0.1) is 7.11 Å². The number of fused-ring (bicyclic) bond motifs is 3. The maximum Gasteiger partial charge on any atom is 0.262 e. The fourth-order valence-corrected chi connectivity index (χ4v) is 13.7. The largest absolute Gasteiger partial charge is 0.497 e. The van der Waals surface area contributed by atoms with Crippen molar-refractivity contribution < 1.29 is 28.2 Å². The van der Waals surface area contributed by atoms with Crippen molar-refractivity contribution in [3.8, 4) is 11.5 Å². The standard InChI is InChI=1S/C42H46O6SSi/c1-41(2,3)50(32-17-11-7-12-18-32,33-19-13-8-14-20-33)48-37-28-38-42(4,49-31-15-9-6-10-16-31)40(43)39-34(25-26-45-39)35(27-36(37)47-38)46-30-23-21-29(44-5)22-24-30/h6-24,27,34-35,37-39H,25-26,28H2,1-5H3/b36-27-/t34-,35-,37-,38-,39-,42-/m1/s1. The van der Waals surface area contributed by atoms with E-state index in [9.17, 15) is 4.79 Å². The van der Waals surface area contributed by atoms with E-state index >= 15 is 0 Å². The van der Waals surface area contributed by atoms with Crippen LogP contribution in [0.2, 0.25) is 5.04 Å². The van der Waals surface area contributed by atoms with E-state index in [0.29, 0.717) is 25.2 Å². The van der Waals surface area contributed by atoms with E-state index in [-0.39, 0.29) is 16.7 Å². The molecule has 2 fully saturated rings. The molecule has 0 aliphatic carbocycles. The molecule has 4 aromatic carbocycles. The fraction of sp³-hybridized carbons (Fsp3) is 0.357. The summed E-state index contributed by atoms with van der Waals surface area (Å²) in [6, 6.07) is 39.0. The van der Waals surface area contributed by atoms with Crippen molar-refractivity contribution in [3.05, 3.63) is 127 Å². The highest BCUT2D eigenvalue weighted by molar-refractivity contribution is 8.01. The van der Waals surface area contributed by atoms with Crippen LogP contribution in [0, 0.1) is 5.92 Å². The molecule has 0 saturated carbocycles. The van der Waals surface area contributed by atoms with Crippen LogP contribution in [0.3, 0.4) is 0 Å². The van der Waals surface area contributed by atoms with Crippen molar-refractivity contribution in [3.63, 3.8) is 0 Å². The summed E-state index contributed by atoms with van der Waals surface area (Å²) in [4.78, 5) is 16.0. The summed E-state index contributed by atoms with van der Waals surface area (Å²) in [7, 11) is -1.33. The molecule has 3 aliphatic rings. The van der Waals surface area contributed by atoms with Gasteiger partial charge in [-0.15, -0.1) is 11.8 Å². The van der Waals surface area contributed by atoms with E-state index in [2.05, 4.69) is 99.6 Å². The Bertz CT molecular complexity index is 1750. The Kier molecular flexibility index (Phi) is 9.74. The molecule has 0 aromatic heterocycles. The number of ether oxygens (including phenoxy) is 4. The van der Waals surface area contributed by atoms with Crippen LogP contribution >= 0.6 is 11.8 Å². The number of hydrogen-bond acceptors (Lipinski definition) is 7. The second kappa shape index (κ2) is 14.1. The van der Waals surface area contributed by atoms with Crippen LogP contribution in [0.15, 0.2) is 132 Å². The maximum absolute atomic E-state index is 15.0. The average molecular weight is 707 g/mol. The molecule has 50 heavy (non-hydrogen) atoms. The lowest BCUT2D eigenvalue weighted by Crippen LogP contribution is -2.67. The van der Waals surface area contributed by atoms with Gasteiger partial charge in [0.25, 0.3) is 8.32 Å². The van der Waals surface area contributed by atoms with Crippen LogP contribution in [0.25, 0.3) is 0 Å². The van der Waals surface area contributed by atoms with Crippen LogP contribution in [0.1, 0.15) is 40.5 Å². The molecule has 6 atom stereocenters. The van der Waals surface area contributed by atoms with Crippen molar-refractivity contribution in [1.29, 1.82) is 0 Å². The molecule has 260 valence electrons. The summed E-state index contributed by atoms with van der Waals surface area (Å²) in [5, 5.41) is 2.15. The van der Waals surface area contributed by atoms with Crippen molar-refractivity contribution in [2.75, 3.05) is 13.7 Å². The number of hydrogen-bond donors (Lipinski definition) is 0. The minimum absolute atomic E-state index is 0.0305. The first-order valence-electron chi connectivity index (χ1n) is 17.5. The average Bonchev–Trinajstić information content (AvgIpc) is 3.79. The summed E-state index contributed by atoms with van der Waals surface area (Å²) in [5.74, 6) is 1.98. The molecule has 7 rings (SSSR count). The van der Waals surface area contributed by atoms with Crippen molar-refractivity contribution in [2.24, 2.45) is 5.92 Å². The minimum atomic E-state index is -2.98. The number of methoxy groups -OCH3 is 1. The zero-order chi connectivity index (χ0) is 34.9. The van der Waals surface area contributed by atoms with Gasteiger partial charge < -0.3 is 23.4 Å². The number of ketones is 1. The summed E-state index contributed by atoms with van der Waals surface area (Å²) in [6.07, 6.45) is 1.32. The van der Waals surface area contributed by atoms with Gasteiger partial charge in [-0.25, -0.2) is 0 Å². The first kappa shape index (κ1) is 34.6. The summed E-state index contributed by atoms with van der Waals surface area (Å²) in [6.45, 7) is 9.38. The van der Waals surface area contributed by atoms with Crippen molar-refractivity contribution in [2.45, 2.75) is 79.6 Å². The van der Waals surface area contributed by atoms with Crippen molar-refractivity contribution in [1.82, 2.24) is 0 Å². The van der Waals surface area contributed by atoms with E-state index in [0.717, 1.165) is 16.4 Å². The van der Waals surface area contributed by atoms with Gasteiger partial charge in [-0.2, -0.15) is 0 Å². The van der Waals surface area contributed by atoms with E-state index in [4.69, 9.17) is 23.4 Å². The molecule has 0 amide bonds. The molecule has 2 saturated heterocycles. The van der Waals surface area contributed by atoms with E-state index in [1.807, 2.05) is 49.4 Å². The van der Waals surface area contributed by atoms with Crippen LogP contribution in [0.4, 0.5) is 0 Å². The Hall–Kier alpha value is -3.82. The predicted octanol–water partition coefficient (Wildman–Crippen LogP) is 7.60. The monoisotopic (exact) mass is 706 g/mol. The zero-order valence-corrected chi connectivity index (χ0v) is 31.2. The van der Waals surface area contributed by atoms with Gasteiger partial charge in [0, 0.05) is 23.8 Å². The molecule has 3 aliphatic heterocycles. The maximum atomic E-state index is 15.0. The highest BCUT2D eigenvalue weighted by atomic mass is 32.2. The molecule has 2 bridgehead atoms. The molecule has 3 heterocycles. The number of carbonyl (C=O) groups excluding carboxylic acids is 1. The van der Waals surface area contributed by atoms with Crippen LogP contribution in [-0.2, 0) is 18.7 Å². The molecule has 4 aromatic rings. The number of benzene rings is 4. The number of Topliss-reactive ketones (excluding diaryl/α,β-unsaturated/α-hetero) is 1. The summed E-state index contributed by atoms with van der Waals surface area (Å²) in [5.41, 5.74) is 0. The van der Waals surface area contributed by atoms with Crippen LogP contribution < -0.4 is 19.8 Å². The molecule has 8 heteroatoms. The number of thioether (sulfide) groups is 1. The van der Waals surface area contributed by atoms with Gasteiger partial charge in [0.15, 0.2) is 5.78 Å². The molecule has 0 radical (unpaired) electrons. The molecular formula is C42H46O6SSi. The molecule has 0 spiro atoms. The molecular weight excluding hydrogens is 661 g/mol. The SMILES string of the molecule is COc1ccc(O[C@@H]2/C=C3\O[C@H](C[C@H]3O[Si](c3ccccc3)(c3ccccc3)C(C)(C)C)[C@@](C)(Sc3ccccc3)C(=O)[C@@H]3OCC[C@H]23)cc1. The van der Waals surface area contributed by atoms with Gasteiger partial charge in [-0.05, 0) is 71.2 Å². The lowest BCUT2D eigenvalue weighted by Gasteiger charge is -2.44. The summed E-state index contributed by atoms with van der Waals surface area (Å²) >= 11 is 1.56. The normalized spacial score (nSPS) is 27.6.